The van der Waals surface area contributed by atoms with Gasteiger partial charge in [-0.1, -0.05) is 48.5 Å². The first-order chi connectivity index (χ1) is 11.8. The van der Waals surface area contributed by atoms with E-state index < -0.39 is 10.2 Å². The fourth-order valence-corrected chi connectivity index (χ4v) is 5.22. The summed E-state index contributed by atoms with van der Waals surface area (Å²) in [6, 6.07) is 18.1. The van der Waals surface area contributed by atoms with E-state index in [1.54, 1.807) is 22.3 Å². The lowest BCUT2D eigenvalue weighted by atomic mass is 9.65. The summed E-state index contributed by atoms with van der Waals surface area (Å²) in [4.78, 5) is 0. The van der Waals surface area contributed by atoms with Gasteiger partial charge in [0.2, 0.25) is 0 Å². The lowest BCUT2D eigenvalue weighted by Gasteiger charge is -2.40. The Labute approximate surface area is 148 Å². The monoisotopic (exact) mass is 361 g/mol. The molecular formula is C19H20ClNO4. The van der Waals surface area contributed by atoms with Crippen LogP contribution in [0.4, 0.5) is 0 Å². The molecule has 0 bridgehead atoms. The highest BCUT2D eigenvalue weighted by molar-refractivity contribution is 5.53. The smallest absolute Gasteiger partial charge is 0.0777 e. The van der Waals surface area contributed by atoms with Crippen LogP contribution >= 0.6 is 0 Å². The Morgan fingerprint density at radius 2 is 1.32 bits per heavy atom. The molecule has 25 heavy (non-hydrogen) atoms. The molecular weight excluding hydrogens is 342 g/mol. The van der Waals surface area contributed by atoms with Crippen LogP contribution in [0.25, 0.3) is 0 Å². The Kier molecular flexibility index (Phi) is 3.92. The van der Waals surface area contributed by atoms with Crippen molar-refractivity contribution in [3.05, 3.63) is 70.8 Å². The third kappa shape index (κ3) is 2.87. The molecule has 5 rings (SSSR count). The van der Waals surface area contributed by atoms with E-state index in [1.165, 1.54) is 12.8 Å². The van der Waals surface area contributed by atoms with Crippen LogP contribution < -0.4 is 19.7 Å². The Morgan fingerprint density at radius 3 is 1.72 bits per heavy atom. The van der Waals surface area contributed by atoms with E-state index in [4.69, 9.17) is 24.4 Å². The average molecular weight is 362 g/mol. The van der Waals surface area contributed by atoms with Gasteiger partial charge in [0, 0.05) is 0 Å². The molecule has 3 aliphatic rings. The maximum atomic E-state index is 8.60. The van der Waals surface area contributed by atoms with Crippen LogP contribution in [0, 0.1) is 21.6 Å². The van der Waals surface area contributed by atoms with Gasteiger partial charge < -0.3 is 5.73 Å². The normalized spacial score (nSPS) is 31.0. The van der Waals surface area contributed by atoms with Gasteiger partial charge in [-0.3, -0.25) is 0 Å². The Hall–Kier alpha value is -1.47. The molecule has 2 atom stereocenters. The fourth-order valence-electron chi connectivity index (χ4n) is 5.22. The number of benzene rings is 2. The topological polar surface area (TPSA) is 115 Å². The molecule has 0 aliphatic heterocycles. The fraction of sp³-hybridized carbons (Fsp3) is 0.368. The van der Waals surface area contributed by atoms with E-state index in [2.05, 4.69) is 48.5 Å². The predicted octanol–water partition coefficient (Wildman–Crippen LogP) is -0.883. The highest BCUT2D eigenvalue weighted by Gasteiger charge is 2.66. The lowest BCUT2D eigenvalue weighted by molar-refractivity contribution is -1.92. The second kappa shape index (κ2) is 5.77. The van der Waals surface area contributed by atoms with Crippen molar-refractivity contribution >= 4 is 0 Å². The third-order valence-electron chi connectivity index (χ3n) is 6.05. The second-order valence-corrected chi connectivity index (χ2v) is 8.08. The van der Waals surface area contributed by atoms with Gasteiger partial charge in [0.25, 0.3) is 0 Å². The van der Waals surface area contributed by atoms with Gasteiger partial charge in [0.1, 0.15) is 0 Å². The number of fused-ring (bicyclic) bond motifs is 5. The number of hydrogen-bond donors (Lipinski definition) is 2. The standard InChI is InChI=1S/C19H19N.ClHO4/c20-11-19-9-12-5-1-3-7-14(12)16-17(18(16)19)15-8-4-2-6-13(15)10-19;2-1(3,4)5/h1-8,16-18H,9-11,20H2;(H,2,3,4,5). The van der Waals surface area contributed by atoms with Gasteiger partial charge in [-0.25, -0.2) is 0 Å². The molecule has 0 heterocycles. The van der Waals surface area contributed by atoms with Crippen LogP contribution in [-0.2, 0) is 12.8 Å². The minimum absolute atomic E-state index is 0.317. The van der Waals surface area contributed by atoms with Crippen LogP contribution in [0.3, 0.4) is 0 Å². The van der Waals surface area contributed by atoms with Gasteiger partial charge in [-0.2, -0.15) is 14.0 Å². The third-order valence-corrected chi connectivity index (χ3v) is 6.05. The van der Waals surface area contributed by atoms with Crippen LogP contribution in [-0.4, -0.2) is 11.2 Å². The molecule has 0 spiro atoms. The second-order valence-electron chi connectivity index (χ2n) is 7.29. The molecule has 2 unspecified atom stereocenters. The maximum Gasteiger partial charge on any atom is 0.0777 e. The molecule has 0 amide bonds. The highest BCUT2D eigenvalue weighted by atomic mass is 35.7. The SMILES string of the molecule is NCC12Cc3ccccc3C3C(c4ccccc4C1)C32.[O-][Cl+3]([O-])([O-])O. The average Bonchev–Trinajstić information content (AvgIpc) is 3.31. The van der Waals surface area contributed by atoms with E-state index >= 15 is 0 Å². The summed E-state index contributed by atoms with van der Waals surface area (Å²) < 4.78 is 32.7. The molecule has 1 fully saturated rings. The lowest BCUT2D eigenvalue weighted by Crippen LogP contribution is -2.58. The van der Waals surface area contributed by atoms with Gasteiger partial charge >= 0.3 is 0 Å². The summed E-state index contributed by atoms with van der Waals surface area (Å²) in [6.45, 7) is 0.827. The summed E-state index contributed by atoms with van der Waals surface area (Å²) in [5, 5.41) is 0. The molecule has 132 valence electrons. The number of hydrogen-bond acceptors (Lipinski definition) is 5. The Morgan fingerprint density at radius 1 is 0.920 bits per heavy atom. The maximum absolute atomic E-state index is 8.60. The van der Waals surface area contributed by atoms with Gasteiger partial charge in [-0.05, 0) is 64.8 Å². The summed E-state index contributed by atoms with van der Waals surface area (Å²) >= 11 is 0. The van der Waals surface area contributed by atoms with E-state index in [9.17, 15) is 0 Å². The van der Waals surface area contributed by atoms with E-state index in [0.717, 1.165) is 24.3 Å². The summed E-state index contributed by atoms with van der Waals surface area (Å²) in [7, 11) is -4.69. The molecule has 6 heteroatoms. The number of nitrogens with two attached hydrogens (primary N) is 1. The van der Waals surface area contributed by atoms with Crippen molar-refractivity contribution in [3.63, 3.8) is 0 Å². The van der Waals surface area contributed by atoms with Crippen LogP contribution in [0.2, 0.25) is 0 Å². The van der Waals surface area contributed by atoms with Gasteiger partial charge in [0.15, 0.2) is 0 Å². The summed E-state index contributed by atoms with van der Waals surface area (Å²) in [5.74, 6) is 2.25. The van der Waals surface area contributed by atoms with Crippen LogP contribution in [0.15, 0.2) is 48.5 Å². The zero-order valence-electron chi connectivity index (χ0n) is 13.6. The van der Waals surface area contributed by atoms with E-state index in [1.807, 2.05) is 0 Å². The first kappa shape index (κ1) is 17.0. The van der Waals surface area contributed by atoms with Crippen molar-refractivity contribution in [1.29, 1.82) is 0 Å². The van der Waals surface area contributed by atoms with Crippen molar-refractivity contribution in [1.82, 2.24) is 0 Å². The van der Waals surface area contributed by atoms with Crippen molar-refractivity contribution < 1.29 is 28.9 Å². The Balaban J connectivity index is 0.000000280. The highest BCUT2D eigenvalue weighted by Crippen LogP contribution is 2.74. The van der Waals surface area contributed by atoms with Crippen molar-refractivity contribution in [2.75, 3.05) is 6.54 Å². The predicted molar refractivity (Wildman–Crippen MR) is 83.0 cm³/mol. The zero-order chi connectivity index (χ0) is 17.8. The minimum Gasteiger partial charge on any atom is -0.330 e. The molecule has 0 aromatic heterocycles. The molecule has 0 radical (unpaired) electrons. The molecule has 2 aromatic rings. The molecule has 2 aromatic carbocycles. The summed E-state index contributed by atoms with van der Waals surface area (Å²) in [5.41, 5.74) is 12.9. The molecule has 5 nitrogen and oxygen atoms in total. The van der Waals surface area contributed by atoms with Gasteiger partial charge in [-0.15, -0.1) is 0 Å². The summed E-state index contributed by atoms with van der Waals surface area (Å²) in [6.07, 6.45) is 2.34. The molecule has 0 saturated heterocycles. The quantitative estimate of drug-likeness (QED) is 0.684. The molecule has 3 aliphatic carbocycles. The number of rotatable bonds is 1. The first-order valence-corrected chi connectivity index (χ1v) is 9.59. The van der Waals surface area contributed by atoms with Crippen LogP contribution in [0.1, 0.15) is 34.1 Å². The van der Waals surface area contributed by atoms with Crippen LogP contribution in [0.5, 0.6) is 0 Å². The molecule has 3 N–H and O–H groups in total. The Bertz CT molecular complexity index is 743. The van der Waals surface area contributed by atoms with Crippen molar-refractivity contribution in [2.24, 2.45) is 17.1 Å². The van der Waals surface area contributed by atoms with E-state index in [-0.39, 0.29) is 0 Å². The van der Waals surface area contributed by atoms with Crippen molar-refractivity contribution in [2.45, 2.75) is 24.7 Å². The van der Waals surface area contributed by atoms with Gasteiger partial charge in [0.05, 0.1) is 14.9 Å². The van der Waals surface area contributed by atoms with E-state index in [0.29, 0.717) is 5.41 Å². The first-order valence-electron chi connectivity index (χ1n) is 8.33. The minimum atomic E-state index is -4.69. The number of halogens is 1. The van der Waals surface area contributed by atoms with Crippen molar-refractivity contribution in [3.8, 4) is 0 Å². The largest absolute Gasteiger partial charge is 0.330 e. The zero-order valence-corrected chi connectivity index (χ0v) is 14.4. The molecule has 1 saturated carbocycles.